The van der Waals surface area contributed by atoms with Gasteiger partial charge in [0.25, 0.3) is 5.91 Å². The maximum atomic E-state index is 14.2. The lowest BCUT2D eigenvalue weighted by atomic mass is 10.1. The Hall–Kier alpha value is -1.42. The Morgan fingerprint density at radius 1 is 1.48 bits per heavy atom. The molecule has 0 aliphatic carbocycles. The lowest BCUT2D eigenvalue weighted by Gasteiger charge is -2.28. The van der Waals surface area contributed by atoms with E-state index in [2.05, 4.69) is 19.2 Å². The molecule has 1 fully saturated rings. The van der Waals surface area contributed by atoms with Gasteiger partial charge in [-0.3, -0.25) is 4.79 Å². The first-order valence-electron chi connectivity index (χ1n) is 7.76. The first-order valence-corrected chi connectivity index (χ1v) is 7.76. The van der Waals surface area contributed by atoms with E-state index in [1.807, 2.05) is 0 Å². The zero-order valence-corrected chi connectivity index (χ0v) is 13.2. The quantitative estimate of drug-likeness (QED) is 0.905. The third-order valence-electron chi connectivity index (χ3n) is 3.90. The fraction of sp³-hybridized carbons (Fsp3) is 0.588. The van der Waals surface area contributed by atoms with Crippen LogP contribution >= 0.6 is 0 Å². The molecule has 1 N–H and O–H groups in total. The number of nitrogens with zero attached hydrogens (tertiary/aromatic N) is 1. The van der Waals surface area contributed by atoms with Gasteiger partial charge in [-0.1, -0.05) is 26.0 Å². The van der Waals surface area contributed by atoms with Crippen LogP contribution in [0.4, 0.5) is 4.39 Å². The standard InChI is InChI=1S/C17H25FN2O/c1-12(2)10-20(11-14-7-5-9-19-14)17(21)15-8-4-6-13(3)16(15)18/h4,6,8,12,14,19H,5,7,9-11H2,1-3H3. The summed E-state index contributed by atoms with van der Waals surface area (Å²) in [7, 11) is 0. The zero-order chi connectivity index (χ0) is 15.4. The van der Waals surface area contributed by atoms with Crippen molar-refractivity contribution >= 4 is 5.91 Å². The number of carbonyl (C=O) groups is 1. The fourth-order valence-corrected chi connectivity index (χ4v) is 2.84. The van der Waals surface area contributed by atoms with Gasteiger partial charge in [0, 0.05) is 19.1 Å². The topological polar surface area (TPSA) is 32.3 Å². The number of carbonyl (C=O) groups excluding carboxylic acids is 1. The highest BCUT2D eigenvalue weighted by molar-refractivity contribution is 5.94. The van der Waals surface area contributed by atoms with Crippen LogP contribution in [0.5, 0.6) is 0 Å². The van der Waals surface area contributed by atoms with Crippen molar-refractivity contribution in [1.82, 2.24) is 10.2 Å². The summed E-state index contributed by atoms with van der Waals surface area (Å²) in [5, 5.41) is 3.40. The zero-order valence-electron chi connectivity index (χ0n) is 13.2. The van der Waals surface area contributed by atoms with E-state index < -0.39 is 5.82 Å². The molecule has 0 bridgehead atoms. The minimum Gasteiger partial charge on any atom is -0.337 e. The molecule has 1 aromatic rings. The molecule has 0 aromatic heterocycles. The van der Waals surface area contributed by atoms with Gasteiger partial charge in [-0.2, -0.15) is 0 Å². The predicted molar refractivity (Wildman–Crippen MR) is 82.9 cm³/mol. The lowest BCUT2D eigenvalue weighted by Crippen LogP contribution is -2.43. The highest BCUT2D eigenvalue weighted by atomic mass is 19.1. The Bertz CT molecular complexity index is 496. The summed E-state index contributed by atoms with van der Waals surface area (Å²) >= 11 is 0. The van der Waals surface area contributed by atoms with Crippen molar-refractivity contribution in [3.05, 3.63) is 35.1 Å². The Kier molecular flexibility index (Phi) is 5.34. The molecule has 1 aliphatic heterocycles. The normalized spacial score (nSPS) is 18.2. The van der Waals surface area contributed by atoms with Gasteiger partial charge >= 0.3 is 0 Å². The Morgan fingerprint density at radius 2 is 2.24 bits per heavy atom. The summed E-state index contributed by atoms with van der Waals surface area (Å²) in [4.78, 5) is 14.5. The van der Waals surface area contributed by atoms with Crippen molar-refractivity contribution in [2.24, 2.45) is 5.92 Å². The monoisotopic (exact) mass is 292 g/mol. The molecule has 1 amide bonds. The number of benzene rings is 1. The van der Waals surface area contributed by atoms with E-state index in [9.17, 15) is 9.18 Å². The molecule has 1 heterocycles. The van der Waals surface area contributed by atoms with E-state index in [-0.39, 0.29) is 11.5 Å². The Morgan fingerprint density at radius 3 is 2.86 bits per heavy atom. The van der Waals surface area contributed by atoms with E-state index in [1.165, 1.54) is 0 Å². The van der Waals surface area contributed by atoms with E-state index in [1.54, 1.807) is 30.0 Å². The van der Waals surface area contributed by atoms with Gasteiger partial charge in [-0.25, -0.2) is 4.39 Å². The number of hydrogen-bond donors (Lipinski definition) is 1. The third kappa shape index (κ3) is 4.03. The molecule has 1 aromatic carbocycles. The van der Waals surface area contributed by atoms with Crippen LogP contribution in [0.1, 0.15) is 42.6 Å². The average molecular weight is 292 g/mol. The first kappa shape index (κ1) is 16.0. The smallest absolute Gasteiger partial charge is 0.256 e. The molecule has 21 heavy (non-hydrogen) atoms. The maximum Gasteiger partial charge on any atom is 0.256 e. The Labute approximate surface area is 126 Å². The van der Waals surface area contributed by atoms with Crippen LogP contribution in [0, 0.1) is 18.7 Å². The van der Waals surface area contributed by atoms with Crippen molar-refractivity contribution in [3.8, 4) is 0 Å². The van der Waals surface area contributed by atoms with Gasteiger partial charge in [0.1, 0.15) is 5.82 Å². The van der Waals surface area contributed by atoms with E-state index in [4.69, 9.17) is 0 Å². The predicted octanol–water partition coefficient (Wildman–Crippen LogP) is 2.98. The molecule has 1 saturated heterocycles. The average Bonchev–Trinajstić information content (AvgIpc) is 2.93. The fourth-order valence-electron chi connectivity index (χ4n) is 2.84. The van der Waals surface area contributed by atoms with Crippen LogP contribution in [0.25, 0.3) is 0 Å². The minimum absolute atomic E-state index is 0.189. The number of hydrogen-bond acceptors (Lipinski definition) is 2. The van der Waals surface area contributed by atoms with E-state index >= 15 is 0 Å². The molecule has 0 saturated carbocycles. The Balaban J connectivity index is 2.18. The summed E-state index contributed by atoms with van der Waals surface area (Å²) in [5.74, 6) is -0.225. The van der Waals surface area contributed by atoms with Gasteiger partial charge in [0.05, 0.1) is 5.56 Å². The maximum absolute atomic E-state index is 14.2. The molecular formula is C17H25FN2O. The van der Waals surface area contributed by atoms with Gasteiger partial charge in [0.15, 0.2) is 0 Å². The van der Waals surface area contributed by atoms with E-state index in [0.29, 0.717) is 30.6 Å². The van der Waals surface area contributed by atoms with E-state index in [0.717, 1.165) is 19.4 Å². The van der Waals surface area contributed by atoms with Crippen molar-refractivity contribution in [1.29, 1.82) is 0 Å². The van der Waals surface area contributed by atoms with Crippen LogP contribution in [-0.2, 0) is 0 Å². The third-order valence-corrected chi connectivity index (χ3v) is 3.90. The van der Waals surface area contributed by atoms with Crippen molar-refractivity contribution in [2.75, 3.05) is 19.6 Å². The van der Waals surface area contributed by atoms with Gasteiger partial charge < -0.3 is 10.2 Å². The largest absolute Gasteiger partial charge is 0.337 e. The summed E-state index contributed by atoms with van der Waals surface area (Å²) in [5.41, 5.74) is 0.706. The van der Waals surface area contributed by atoms with Crippen molar-refractivity contribution in [3.63, 3.8) is 0 Å². The second-order valence-electron chi connectivity index (χ2n) is 6.33. The SMILES string of the molecule is Cc1cccc(C(=O)N(CC(C)C)CC2CCCN2)c1F. The molecule has 4 heteroatoms. The summed E-state index contributed by atoms with van der Waals surface area (Å²) in [6, 6.07) is 5.35. The van der Waals surface area contributed by atoms with Crippen molar-refractivity contribution in [2.45, 2.75) is 39.7 Å². The molecule has 0 radical (unpaired) electrons. The van der Waals surface area contributed by atoms with Crippen LogP contribution in [0.15, 0.2) is 18.2 Å². The lowest BCUT2D eigenvalue weighted by molar-refractivity contribution is 0.0716. The number of halogens is 1. The van der Waals surface area contributed by atoms with Gasteiger partial charge in [-0.15, -0.1) is 0 Å². The highest BCUT2D eigenvalue weighted by Crippen LogP contribution is 2.17. The highest BCUT2D eigenvalue weighted by Gasteiger charge is 2.25. The number of nitrogens with one attached hydrogen (secondary N) is 1. The van der Waals surface area contributed by atoms with Gasteiger partial charge in [0.2, 0.25) is 0 Å². The molecule has 2 rings (SSSR count). The summed E-state index contributed by atoms with van der Waals surface area (Å²) in [6.45, 7) is 8.17. The molecular weight excluding hydrogens is 267 g/mol. The van der Waals surface area contributed by atoms with Crippen molar-refractivity contribution < 1.29 is 9.18 Å². The second-order valence-corrected chi connectivity index (χ2v) is 6.33. The van der Waals surface area contributed by atoms with Crippen LogP contribution in [-0.4, -0.2) is 36.5 Å². The van der Waals surface area contributed by atoms with Crippen LogP contribution < -0.4 is 5.32 Å². The van der Waals surface area contributed by atoms with Gasteiger partial charge in [-0.05, 0) is 43.9 Å². The number of amides is 1. The summed E-state index contributed by atoms with van der Waals surface area (Å²) in [6.07, 6.45) is 2.23. The molecule has 1 atom stereocenters. The number of aryl methyl sites for hydroxylation is 1. The molecule has 1 aliphatic rings. The first-order chi connectivity index (χ1) is 9.99. The number of rotatable bonds is 5. The minimum atomic E-state index is -0.393. The van der Waals surface area contributed by atoms with Crippen LogP contribution in [0.2, 0.25) is 0 Å². The molecule has 0 spiro atoms. The summed E-state index contributed by atoms with van der Waals surface area (Å²) < 4.78 is 14.2. The van der Waals surface area contributed by atoms with Crippen LogP contribution in [0.3, 0.4) is 0 Å². The molecule has 1 unspecified atom stereocenters. The molecule has 116 valence electrons. The molecule has 3 nitrogen and oxygen atoms in total. The second kappa shape index (κ2) is 7.03.